The van der Waals surface area contributed by atoms with Crippen molar-refractivity contribution in [3.8, 4) is 0 Å². The smallest absolute Gasteiger partial charge is 0.246 e. The fourth-order valence-corrected chi connectivity index (χ4v) is 2.40. The molecule has 1 heterocycles. The lowest BCUT2D eigenvalue weighted by Crippen LogP contribution is -2.34. The molecule has 0 atom stereocenters. The second kappa shape index (κ2) is 6.14. The minimum Gasteiger partial charge on any atom is -0.339 e. The highest BCUT2D eigenvalue weighted by molar-refractivity contribution is 9.10. The van der Waals surface area contributed by atoms with Crippen molar-refractivity contribution >= 4 is 27.9 Å². The Labute approximate surface area is 115 Å². The molecular formula is C14H15BrFNO. The van der Waals surface area contributed by atoms with E-state index in [1.165, 1.54) is 12.5 Å². The molecule has 2 rings (SSSR count). The lowest BCUT2D eigenvalue weighted by Gasteiger charge is -2.25. The normalized spacial score (nSPS) is 16.2. The van der Waals surface area contributed by atoms with Crippen molar-refractivity contribution in [1.82, 2.24) is 4.90 Å². The largest absolute Gasteiger partial charge is 0.339 e. The summed E-state index contributed by atoms with van der Waals surface area (Å²) in [5, 5.41) is 0. The number of nitrogens with zero attached hydrogens (tertiary/aromatic N) is 1. The zero-order chi connectivity index (χ0) is 13.0. The Morgan fingerprint density at radius 1 is 1.28 bits per heavy atom. The number of halogens is 2. The Hall–Kier alpha value is -1.16. The maximum absolute atomic E-state index is 13.0. The number of carbonyl (C=O) groups is 1. The van der Waals surface area contributed by atoms with Crippen molar-refractivity contribution in [3.63, 3.8) is 0 Å². The predicted octanol–water partition coefficient (Wildman–Crippen LogP) is 3.61. The van der Waals surface area contributed by atoms with Gasteiger partial charge in [-0.2, -0.15) is 0 Å². The SMILES string of the molecule is O=C(/C=C/c1ccc(F)c(Br)c1)N1CCCCC1. The van der Waals surface area contributed by atoms with Crippen LogP contribution in [0.3, 0.4) is 0 Å². The molecule has 1 aliphatic rings. The Kier molecular flexibility index (Phi) is 4.53. The van der Waals surface area contributed by atoms with Crippen molar-refractivity contribution in [2.75, 3.05) is 13.1 Å². The zero-order valence-corrected chi connectivity index (χ0v) is 11.6. The quantitative estimate of drug-likeness (QED) is 0.764. The first-order valence-corrected chi connectivity index (χ1v) is 6.88. The molecule has 0 unspecified atom stereocenters. The van der Waals surface area contributed by atoms with E-state index in [9.17, 15) is 9.18 Å². The molecule has 1 aromatic rings. The molecule has 0 spiro atoms. The Morgan fingerprint density at radius 2 is 2.00 bits per heavy atom. The Balaban J connectivity index is 2.01. The van der Waals surface area contributed by atoms with Crippen LogP contribution < -0.4 is 0 Å². The average molecular weight is 312 g/mol. The molecule has 0 aromatic heterocycles. The van der Waals surface area contributed by atoms with Crippen molar-refractivity contribution in [3.05, 3.63) is 40.1 Å². The van der Waals surface area contributed by atoms with Gasteiger partial charge in [0.2, 0.25) is 5.91 Å². The number of piperidine rings is 1. The molecule has 2 nitrogen and oxygen atoms in total. The summed E-state index contributed by atoms with van der Waals surface area (Å²) in [6.07, 6.45) is 6.66. The third kappa shape index (κ3) is 3.42. The van der Waals surface area contributed by atoms with Gasteiger partial charge in [0.1, 0.15) is 5.82 Å². The molecule has 0 aliphatic carbocycles. The first-order chi connectivity index (χ1) is 8.66. The number of carbonyl (C=O) groups excluding carboxylic acids is 1. The van der Waals surface area contributed by atoms with Gasteiger partial charge in [-0.1, -0.05) is 6.07 Å². The van der Waals surface area contributed by atoms with Crippen molar-refractivity contribution in [2.24, 2.45) is 0 Å². The molecule has 1 aliphatic heterocycles. The van der Waals surface area contributed by atoms with Crippen LogP contribution in [0.4, 0.5) is 4.39 Å². The Morgan fingerprint density at radius 3 is 2.67 bits per heavy atom. The molecule has 96 valence electrons. The van der Waals surface area contributed by atoms with Crippen molar-refractivity contribution in [2.45, 2.75) is 19.3 Å². The van der Waals surface area contributed by atoms with Crippen LogP contribution >= 0.6 is 15.9 Å². The second-order valence-electron chi connectivity index (χ2n) is 4.39. The van der Waals surface area contributed by atoms with E-state index in [4.69, 9.17) is 0 Å². The highest BCUT2D eigenvalue weighted by Gasteiger charge is 2.13. The minimum absolute atomic E-state index is 0.0372. The molecule has 4 heteroatoms. The Bertz CT molecular complexity index is 467. The van der Waals surface area contributed by atoms with Gasteiger partial charge in [-0.3, -0.25) is 4.79 Å². The fourth-order valence-electron chi connectivity index (χ4n) is 2.00. The summed E-state index contributed by atoms with van der Waals surface area (Å²) in [4.78, 5) is 13.7. The number of rotatable bonds is 2. The fraction of sp³-hybridized carbons (Fsp3) is 0.357. The summed E-state index contributed by atoms with van der Waals surface area (Å²) >= 11 is 3.13. The molecule has 1 amide bonds. The van der Waals surface area contributed by atoms with Gasteiger partial charge in [-0.15, -0.1) is 0 Å². The molecule has 0 radical (unpaired) electrons. The maximum Gasteiger partial charge on any atom is 0.246 e. The van der Waals surface area contributed by atoms with Gasteiger partial charge in [0.15, 0.2) is 0 Å². The average Bonchev–Trinajstić information content (AvgIpc) is 2.41. The van der Waals surface area contributed by atoms with Crippen LogP contribution in [0, 0.1) is 5.82 Å². The van der Waals surface area contributed by atoms with E-state index in [1.807, 2.05) is 4.90 Å². The van der Waals surface area contributed by atoms with Crippen LogP contribution in [0.1, 0.15) is 24.8 Å². The zero-order valence-electron chi connectivity index (χ0n) is 10.0. The van der Waals surface area contributed by atoms with E-state index in [2.05, 4.69) is 15.9 Å². The van der Waals surface area contributed by atoms with Crippen LogP contribution in [0.5, 0.6) is 0 Å². The third-order valence-electron chi connectivity index (χ3n) is 3.03. The second-order valence-corrected chi connectivity index (χ2v) is 5.25. The van der Waals surface area contributed by atoms with Gasteiger partial charge in [-0.05, 0) is 59.0 Å². The number of amides is 1. The van der Waals surface area contributed by atoms with Gasteiger partial charge in [0.25, 0.3) is 0 Å². The molecule has 0 bridgehead atoms. The molecular weight excluding hydrogens is 297 g/mol. The summed E-state index contributed by atoms with van der Waals surface area (Å²) in [7, 11) is 0. The minimum atomic E-state index is -0.297. The van der Waals surface area contributed by atoms with Gasteiger partial charge >= 0.3 is 0 Å². The van der Waals surface area contributed by atoms with Crippen LogP contribution in [0.15, 0.2) is 28.7 Å². The van der Waals surface area contributed by atoms with Gasteiger partial charge in [0.05, 0.1) is 4.47 Å². The summed E-state index contributed by atoms with van der Waals surface area (Å²) in [6.45, 7) is 1.69. The predicted molar refractivity (Wildman–Crippen MR) is 73.6 cm³/mol. The topological polar surface area (TPSA) is 20.3 Å². The van der Waals surface area contributed by atoms with Crippen LogP contribution in [0.2, 0.25) is 0 Å². The van der Waals surface area contributed by atoms with Crippen molar-refractivity contribution < 1.29 is 9.18 Å². The lowest BCUT2D eigenvalue weighted by molar-refractivity contribution is -0.126. The molecule has 1 aromatic carbocycles. The van der Waals surface area contributed by atoms with E-state index < -0.39 is 0 Å². The number of hydrogen-bond acceptors (Lipinski definition) is 1. The number of hydrogen-bond donors (Lipinski definition) is 0. The molecule has 0 N–H and O–H groups in total. The van der Waals surface area contributed by atoms with E-state index >= 15 is 0 Å². The van der Waals surface area contributed by atoms with E-state index in [-0.39, 0.29) is 11.7 Å². The third-order valence-corrected chi connectivity index (χ3v) is 3.64. The van der Waals surface area contributed by atoms with Crippen LogP contribution in [0.25, 0.3) is 6.08 Å². The van der Waals surface area contributed by atoms with Gasteiger partial charge in [0, 0.05) is 19.2 Å². The summed E-state index contributed by atoms with van der Waals surface area (Å²) in [5.74, 6) is -0.260. The van der Waals surface area contributed by atoms with Gasteiger partial charge < -0.3 is 4.90 Å². The summed E-state index contributed by atoms with van der Waals surface area (Å²) < 4.78 is 13.5. The van der Waals surface area contributed by atoms with Gasteiger partial charge in [-0.25, -0.2) is 4.39 Å². The molecule has 1 fully saturated rings. The molecule has 0 saturated carbocycles. The monoisotopic (exact) mass is 311 g/mol. The summed E-state index contributed by atoms with van der Waals surface area (Å²) in [6, 6.07) is 4.70. The highest BCUT2D eigenvalue weighted by atomic mass is 79.9. The van der Waals surface area contributed by atoms with E-state index in [1.54, 1.807) is 24.3 Å². The van der Waals surface area contributed by atoms with E-state index in [0.717, 1.165) is 31.5 Å². The summed E-state index contributed by atoms with van der Waals surface area (Å²) in [5.41, 5.74) is 0.814. The van der Waals surface area contributed by atoms with Crippen LogP contribution in [-0.2, 0) is 4.79 Å². The highest BCUT2D eigenvalue weighted by Crippen LogP contribution is 2.18. The number of likely N-dealkylation sites (tertiary alicyclic amines) is 1. The molecule has 18 heavy (non-hydrogen) atoms. The standard InChI is InChI=1S/C14H15BrFNO/c15-12-10-11(4-6-13(12)16)5-7-14(18)17-8-2-1-3-9-17/h4-7,10H,1-3,8-9H2/b7-5+. The maximum atomic E-state index is 13.0. The molecule has 1 saturated heterocycles. The van der Waals surface area contributed by atoms with E-state index in [0.29, 0.717) is 4.47 Å². The van der Waals surface area contributed by atoms with Crippen LogP contribution in [-0.4, -0.2) is 23.9 Å². The first-order valence-electron chi connectivity index (χ1n) is 6.09. The number of benzene rings is 1. The first kappa shape index (κ1) is 13.3. The van der Waals surface area contributed by atoms with Crippen molar-refractivity contribution in [1.29, 1.82) is 0 Å². The lowest BCUT2D eigenvalue weighted by atomic mass is 10.1.